The van der Waals surface area contributed by atoms with E-state index in [-0.39, 0.29) is 5.97 Å². The van der Waals surface area contributed by atoms with Crippen molar-refractivity contribution in [1.29, 1.82) is 0 Å². The van der Waals surface area contributed by atoms with Gasteiger partial charge in [0.25, 0.3) is 0 Å². The number of fused-ring (bicyclic) bond motifs is 1. The fraction of sp³-hybridized carbons (Fsp3) is 0.158. The predicted molar refractivity (Wildman–Crippen MR) is 88.9 cm³/mol. The Kier molecular flexibility index (Phi) is 3.98. The molecule has 0 aliphatic rings. The number of benzene rings is 1. The summed E-state index contributed by atoms with van der Waals surface area (Å²) in [7, 11) is 0. The van der Waals surface area contributed by atoms with Crippen LogP contribution in [0.3, 0.4) is 0 Å². The molecule has 0 unspecified atom stereocenters. The summed E-state index contributed by atoms with van der Waals surface area (Å²) < 4.78 is 6.80. The maximum absolute atomic E-state index is 11.9. The lowest BCUT2D eigenvalue weighted by Gasteiger charge is -2.03. The molecule has 0 amide bonds. The van der Waals surface area contributed by atoms with Gasteiger partial charge in [-0.15, -0.1) is 0 Å². The van der Waals surface area contributed by atoms with Crippen LogP contribution in [0.15, 0.2) is 48.7 Å². The van der Waals surface area contributed by atoms with Gasteiger partial charge in [0, 0.05) is 17.3 Å². The first-order chi connectivity index (χ1) is 11.1. The van der Waals surface area contributed by atoms with Gasteiger partial charge in [-0.3, -0.25) is 4.79 Å². The summed E-state index contributed by atoms with van der Waals surface area (Å²) >= 11 is 0. The van der Waals surface area contributed by atoms with Crippen LogP contribution in [0.25, 0.3) is 16.6 Å². The number of aromatic nitrogens is 1. The lowest BCUT2D eigenvalue weighted by molar-refractivity contribution is 0.0526. The molecule has 0 aliphatic carbocycles. The molecule has 116 valence electrons. The van der Waals surface area contributed by atoms with E-state index >= 15 is 0 Å². The molecule has 3 aromatic rings. The smallest absolute Gasteiger partial charge is 0.338 e. The van der Waals surface area contributed by atoms with E-state index < -0.39 is 0 Å². The minimum absolute atomic E-state index is 0.333. The van der Waals surface area contributed by atoms with Crippen molar-refractivity contribution in [3.8, 4) is 11.1 Å². The van der Waals surface area contributed by atoms with Gasteiger partial charge in [0.15, 0.2) is 6.29 Å². The van der Waals surface area contributed by atoms with Crippen molar-refractivity contribution in [1.82, 2.24) is 4.40 Å². The third kappa shape index (κ3) is 2.75. The summed E-state index contributed by atoms with van der Waals surface area (Å²) in [6.07, 6.45) is 2.56. The molecule has 2 heterocycles. The van der Waals surface area contributed by atoms with E-state index in [1.54, 1.807) is 29.7 Å². The van der Waals surface area contributed by atoms with Gasteiger partial charge < -0.3 is 9.14 Å². The fourth-order valence-electron chi connectivity index (χ4n) is 2.63. The van der Waals surface area contributed by atoms with Crippen LogP contribution in [0.5, 0.6) is 0 Å². The molecule has 1 aromatic carbocycles. The van der Waals surface area contributed by atoms with Gasteiger partial charge in [-0.2, -0.15) is 0 Å². The molecule has 0 radical (unpaired) electrons. The lowest BCUT2D eigenvalue weighted by Crippen LogP contribution is -2.05. The predicted octanol–water partition coefficient (Wildman–Crippen LogP) is 3.90. The number of aldehydes is 1. The second-order valence-electron chi connectivity index (χ2n) is 5.36. The molecule has 23 heavy (non-hydrogen) atoms. The normalized spacial score (nSPS) is 10.7. The highest BCUT2D eigenvalue weighted by molar-refractivity contribution is 5.94. The van der Waals surface area contributed by atoms with Crippen LogP contribution in [-0.2, 0) is 4.74 Å². The van der Waals surface area contributed by atoms with E-state index in [1.807, 2.05) is 37.3 Å². The van der Waals surface area contributed by atoms with Crippen molar-refractivity contribution < 1.29 is 14.3 Å². The molecule has 2 aromatic heterocycles. The molecule has 0 aliphatic heterocycles. The van der Waals surface area contributed by atoms with Crippen LogP contribution in [-0.4, -0.2) is 23.3 Å². The molecule has 4 heteroatoms. The summed E-state index contributed by atoms with van der Waals surface area (Å²) in [4.78, 5) is 23.4. The highest BCUT2D eigenvalue weighted by Crippen LogP contribution is 2.27. The van der Waals surface area contributed by atoms with Crippen molar-refractivity contribution in [3.05, 3.63) is 65.5 Å². The van der Waals surface area contributed by atoms with Crippen molar-refractivity contribution in [2.24, 2.45) is 0 Å². The summed E-state index contributed by atoms with van der Waals surface area (Å²) in [6, 6.07) is 13.3. The van der Waals surface area contributed by atoms with Gasteiger partial charge in [0.2, 0.25) is 0 Å². The largest absolute Gasteiger partial charge is 0.462 e. The van der Waals surface area contributed by atoms with Crippen LogP contribution >= 0.6 is 0 Å². The number of hydrogen-bond acceptors (Lipinski definition) is 3. The van der Waals surface area contributed by atoms with Crippen LogP contribution < -0.4 is 0 Å². The average Bonchev–Trinajstić information content (AvgIpc) is 2.93. The molecule has 0 atom stereocenters. The van der Waals surface area contributed by atoms with Crippen LogP contribution in [0.2, 0.25) is 0 Å². The second kappa shape index (κ2) is 6.08. The second-order valence-corrected chi connectivity index (χ2v) is 5.36. The van der Waals surface area contributed by atoms with Crippen molar-refractivity contribution >= 4 is 17.8 Å². The van der Waals surface area contributed by atoms with Gasteiger partial charge in [-0.1, -0.05) is 29.8 Å². The third-order valence-electron chi connectivity index (χ3n) is 3.80. The zero-order valence-electron chi connectivity index (χ0n) is 13.1. The standard InChI is InChI=1S/C19H17NO3/c1-3-23-19(22)15-8-9-20-16(10-15)11-17(18(20)12-21)14-6-4-13(2)5-7-14/h4-12H,3H2,1-2H3. The van der Waals surface area contributed by atoms with Gasteiger partial charge >= 0.3 is 5.97 Å². The zero-order chi connectivity index (χ0) is 16.4. The Labute approximate surface area is 134 Å². The molecule has 0 fully saturated rings. The summed E-state index contributed by atoms with van der Waals surface area (Å²) in [5.74, 6) is -0.360. The highest BCUT2D eigenvalue weighted by Gasteiger charge is 2.14. The molecule has 0 saturated carbocycles. The molecule has 0 bridgehead atoms. The molecular formula is C19H17NO3. The topological polar surface area (TPSA) is 47.8 Å². The van der Waals surface area contributed by atoms with E-state index in [1.165, 1.54) is 0 Å². The van der Waals surface area contributed by atoms with E-state index in [9.17, 15) is 9.59 Å². The average molecular weight is 307 g/mol. The van der Waals surface area contributed by atoms with E-state index in [0.717, 1.165) is 28.5 Å². The molecule has 3 rings (SSSR count). The zero-order valence-corrected chi connectivity index (χ0v) is 13.1. The van der Waals surface area contributed by atoms with E-state index in [0.29, 0.717) is 17.9 Å². The Morgan fingerprint density at radius 3 is 2.57 bits per heavy atom. The number of ether oxygens (including phenoxy) is 1. The number of carbonyl (C=O) groups is 2. The first-order valence-electron chi connectivity index (χ1n) is 7.48. The van der Waals surface area contributed by atoms with Gasteiger partial charge in [0.05, 0.1) is 17.9 Å². The van der Waals surface area contributed by atoms with Crippen LogP contribution in [0, 0.1) is 6.92 Å². The molecule has 0 saturated heterocycles. The molecule has 4 nitrogen and oxygen atoms in total. The monoisotopic (exact) mass is 307 g/mol. The number of rotatable bonds is 4. The van der Waals surface area contributed by atoms with Gasteiger partial charge in [-0.05, 0) is 37.6 Å². The SMILES string of the molecule is CCOC(=O)c1ccn2c(C=O)c(-c3ccc(C)cc3)cc2c1. The maximum atomic E-state index is 11.9. The Balaban J connectivity index is 2.14. The Morgan fingerprint density at radius 1 is 1.17 bits per heavy atom. The van der Waals surface area contributed by atoms with Crippen LogP contribution in [0.1, 0.15) is 33.3 Å². The van der Waals surface area contributed by atoms with E-state index in [2.05, 4.69) is 0 Å². The number of carbonyl (C=O) groups excluding carboxylic acids is 2. The van der Waals surface area contributed by atoms with Crippen molar-refractivity contribution in [3.63, 3.8) is 0 Å². The van der Waals surface area contributed by atoms with Crippen LogP contribution in [0.4, 0.5) is 0 Å². The fourth-order valence-corrected chi connectivity index (χ4v) is 2.63. The summed E-state index contributed by atoms with van der Waals surface area (Å²) in [5, 5.41) is 0. The minimum atomic E-state index is -0.360. The van der Waals surface area contributed by atoms with Crippen molar-refractivity contribution in [2.75, 3.05) is 6.61 Å². The lowest BCUT2D eigenvalue weighted by atomic mass is 10.0. The quantitative estimate of drug-likeness (QED) is 0.542. The minimum Gasteiger partial charge on any atom is -0.462 e. The summed E-state index contributed by atoms with van der Waals surface area (Å²) in [5.41, 5.74) is 4.81. The Morgan fingerprint density at radius 2 is 1.91 bits per heavy atom. The first kappa shape index (κ1) is 15.0. The third-order valence-corrected chi connectivity index (χ3v) is 3.80. The Hall–Kier alpha value is -2.88. The molecular weight excluding hydrogens is 290 g/mol. The number of pyridine rings is 1. The highest BCUT2D eigenvalue weighted by atomic mass is 16.5. The maximum Gasteiger partial charge on any atom is 0.338 e. The molecule has 0 spiro atoms. The number of nitrogens with zero attached hydrogens (tertiary/aromatic N) is 1. The van der Waals surface area contributed by atoms with Gasteiger partial charge in [-0.25, -0.2) is 4.79 Å². The first-order valence-corrected chi connectivity index (χ1v) is 7.48. The molecule has 0 N–H and O–H groups in total. The van der Waals surface area contributed by atoms with Gasteiger partial charge in [0.1, 0.15) is 0 Å². The number of aryl methyl sites for hydroxylation is 1. The van der Waals surface area contributed by atoms with E-state index in [4.69, 9.17) is 4.74 Å². The number of hydrogen-bond donors (Lipinski definition) is 0. The summed E-state index contributed by atoms with van der Waals surface area (Å²) in [6.45, 7) is 4.12. The van der Waals surface area contributed by atoms with Crippen molar-refractivity contribution in [2.45, 2.75) is 13.8 Å². The Bertz CT molecular complexity index is 876. The number of esters is 1.